The average molecular weight is 810 g/mol. The SMILES string of the molecule is c1ccc(-c2nc(-c3ccc(-c4cc5ccccc5c5c(-c6ccccc6)c(-c6ccccc6)nn45)cc3)nc(-c3cccc(-c4cccc5sc6ccccc6c45)c3)n2)cc1. The van der Waals surface area contributed by atoms with Crippen LogP contribution in [0, 0.1) is 0 Å². The summed E-state index contributed by atoms with van der Waals surface area (Å²) in [6.45, 7) is 0. The lowest BCUT2D eigenvalue weighted by Gasteiger charge is -2.12. The molecule has 4 heterocycles. The quantitative estimate of drug-likeness (QED) is 0.161. The fourth-order valence-electron chi connectivity index (χ4n) is 8.75. The van der Waals surface area contributed by atoms with Crippen molar-refractivity contribution in [2.24, 2.45) is 0 Å². The van der Waals surface area contributed by atoms with E-state index >= 15 is 0 Å². The Hall–Kier alpha value is -8.06. The minimum Gasteiger partial charge on any atom is -0.231 e. The third-order valence-electron chi connectivity index (χ3n) is 11.7. The van der Waals surface area contributed by atoms with Crippen LogP contribution in [0.25, 0.3) is 115 Å². The van der Waals surface area contributed by atoms with Gasteiger partial charge in [-0.25, -0.2) is 19.5 Å². The molecule has 0 atom stereocenters. The van der Waals surface area contributed by atoms with Crippen LogP contribution in [-0.2, 0) is 0 Å². The molecule has 0 amide bonds. The molecule has 0 aliphatic carbocycles. The Balaban J connectivity index is 0.997. The van der Waals surface area contributed by atoms with Gasteiger partial charge in [-0.15, -0.1) is 11.3 Å². The van der Waals surface area contributed by atoms with Crippen molar-refractivity contribution in [3.8, 4) is 78.9 Å². The van der Waals surface area contributed by atoms with E-state index in [1.165, 1.54) is 25.7 Å². The van der Waals surface area contributed by atoms with Crippen molar-refractivity contribution >= 4 is 47.8 Å². The van der Waals surface area contributed by atoms with E-state index in [0.29, 0.717) is 17.5 Å². The second-order valence-electron chi connectivity index (χ2n) is 15.4. The van der Waals surface area contributed by atoms with Gasteiger partial charge in [0.05, 0.1) is 11.2 Å². The largest absolute Gasteiger partial charge is 0.231 e. The van der Waals surface area contributed by atoms with Gasteiger partial charge in [0.1, 0.15) is 5.69 Å². The molecule has 4 aromatic heterocycles. The van der Waals surface area contributed by atoms with E-state index in [4.69, 9.17) is 20.1 Å². The summed E-state index contributed by atoms with van der Waals surface area (Å²) >= 11 is 1.83. The Morgan fingerprint density at radius 3 is 1.65 bits per heavy atom. The molecule has 0 bridgehead atoms. The molecular formula is C56H35N5S. The number of thiophene rings is 1. The van der Waals surface area contributed by atoms with Gasteiger partial charge in [0, 0.05) is 58.9 Å². The number of rotatable bonds is 7. The van der Waals surface area contributed by atoms with Crippen LogP contribution in [0.3, 0.4) is 0 Å². The van der Waals surface area contributed by atoms with E-state index in [1.807, 2.05) is 47.7 Å². The van der Waals surface area contributed by atoms with Gasteiger partial charge in [0.25, 0.3) is 0 Å². The summed E-state index contributed by atoms with van der Waals surface area (Å²) in [6, 6.07) is 74.4. The fourth-order valence-corrected chi connectivity index (χ4v) is 9.88. The van der Waals surface area contributed by atoms with Gasteiger partial charge in [0.2, 0.25) is 0 Å². The van der Waals surface area contributed by atoms with Gasteiger partial charge in [-0.3, -0.25) is 0 Å². The monoisotopic (exact) mass is 809 g/mol. The summed E-state index contributed by atoms with van der Waals surface area (Å²) in [7, 11) is 0. The maximum Gasteiger partial charge on any atom is 0.164 e. The molecule has 0 aliphatic heterocycles. The summed E-state index contributed by atoms with van der Waals surface area (Å²) < 4.78 is 4.69. The number of aromatic nitrogens is 5. The zero-order chi connectivity index (χ0) is 41.0. The molecule has 0 radical (unpaired) electrons. The topological polar surface area (TPSA) is 56.0 Å². The molecule has 0 saturated carbocycles. The van der Waals surface area contributed by atoms with Crippen molar-refractivity contribution < 1.29 is 0 Å². The molecule has 12 rings (SSSR count). The molecule has 290 valence electrons. The van der Waals surface area contributed by atoms with E-state index in [-0.39, 0.29) is 0 Å². The Bertz CT molecular complexity index is 3610. The van der Waals surface area contributed by atoms with Gasteiger partial charge < -0.3 is 0 Å². The van der Waals surface area contributed by atoms with Crippen molar-refractivity contribution in [1.29, 1.82) is 0 Å². The van der Waals surface area contributed by atoms with Crippen molar-refractivity contribution in [2.75, 3.05) is 0 Å². The predicted octanol–water partition coefficient (Wildman–Crippen LogP) is 14.7. The molecule has 0 aliphatic rings. The fraction of sp³-hybridized carbons (Fsp3) is 0. The molecule has 6 heteroatoms. The average Bonchev–Trinajstić information content (AvgIpc) is 3.95. The molecule has 0 fully saturated rings. The summed E-state index contributed by atoms with van der Waals surface area (Å²) in [5, 5.41) is 10.2. The molecule has 8 aromatic carbocycles. The van der Waals surface area contributed by atoms with Gasteiger partial charge in [-0.2, -0.15) is 5.10 Å². The molecule has 0 saturated heterocycles. The normalized spacial score (nSPS) is 11.5. The van der Waals surface area contributed by atoms with Crippen LogP contribution in [0.4, 0.5) is 0 Å². The minimum atomic E-state index is 0.609. The van der Waals surface area contributed by atoms with Crippen LogP contribution in [0.15, 0.2) is 212 Å². The van der Waals surface area contributed by atoms with Crippen LogP contribution in [0.5, 0.6) is 0 Å². The van der Waals surface area contributed by atoms with E-state index in [0.717, 1.165) is 72.2 Å². The lowest BCUT2D eigenvalue weighted by atomic mass is 9.97. The predicted molar refractivity (Wildman–Crippen MR) is 257 cm³/mol. The van der Waals surface area contributed by atoms with E-state index in [2.05, 4.69) is 180 Å². The molecule has 0 unspecified atom stereocenters. The van der Waals surface area contributed by atoms with Crippen molar-refractivity contribution in [3.05, 3.63) is 212 Å². The maximum absolute atomic E-state index is 5.40. The molecule has 0 N–H and O–H groups in total. The van der Waals surface area contributed by atoms with E-state index < -0.39 is 0 Å². The third-order valence-corrected chi connectivity index (χ3v) is 12.8. The number of pyridine rings is 1. The maximum atomic E-state index is 5.40. The van der Waals surface area contributed by atoms with Crippen molar-refractivity contribution in [1.82, 2.24) is 24.6 Å². The van der Waals surface area contributed by atoms with Gasteiger partial charge >= 0.3 is 0 Å². The minimum absolute atomic E-state index is 0.609. The Morgan fingerprint density at radius 1 is 0.371 bits per heavy atom. The number of nitrogens with zero attached hydrogens (tertiary/aromatic N) is 5. The van der Waals surface area contributed by atoms with E-state index in [1.54, 1.807) is 0 Å². The second kappa shape index (κ2) is 14.9. The first kappa shape index (κ1) is 35.8. The first-order chi connectivity index (χ1) is 30.7. The first-order valence-electron chi connectivity index (χ1n) is 20.7. The summed E-state index contributed by atoms with van der Waals surface area (Å²) in [4.78, 5) is 15.4. The zero-order valence-electron chi connectivity index (χ0n) is 33.4. The Morgan fingerprint density at radius 2 is 0.903 bits per heavy atom. The Kier molecular flexibility index (Phi) is 8.61. The van der Waals surface area contributed by atoms with Crippen LogP contribution < -0.4 is 0 Å². The lowest BCUT2D eigenvalue weighted by Crippen LogP contribution is -2.00. The van der Waals surface area contributed by atoms with Crippen LogP contribution >= 0.6 is 11.3 Å². The molecular weight excluding hydrogens is 775 g/mol. The lowest BCUT2D eigenvalue weighted by molar-refractivity contribution is 0.979. The molecule has 12 aromatic rings. The number of fused-ring (bicyclic) bond motifs is 6. The first-order valence-corrected chi connectivity index (χ1v) is 21.5. The highest BCUT2D eigenvalue weighted by atomic mass is 32.1. The standard InChI is InChI=1S/C56H35N5S/c1-4-16-37(17-5-1)50-52(38-18-6-2-7-19-38)60-61-47(35-42-22-10-11-25-45(42)53(50)61)36-30-32-40(33-31-36)55-57-54(39-20-8-3-9-21-39)58-56(59-55)43-24-14-23-41(34-43)44-27-15-29-49-51(44)46-26-12-13-28-48(46)62-49/h1-35H. The number of hydrogen-bond acceptors (Lipinski definition) is 5. The summed E-state index contributed by atoms with van der Waals surface area (Å²) in [6.07, 6.45) is 0. The Labute approximate surface area is 361 Å². The van der Waals surface area contributed by atoms with Crippen LogP contribution in [0.2, 0.25) is 0 Å². The highest BCUT2D eigenvalue weighted by Gasteiger charge is 2.22. The number of benzene rings is 8. The van der Waals surface area contributed by atoms with E-state index in [9.17, 15) is 0 Å². The molecule has 5 nitrogen and oxygen atoms in total. The smallest absolute Gasteiger partial charge is 0.164 e. The van der Waals surface area contributed by atoms with Crippen molar-refractivity contribution in [2.45, 2.75) is 0 Å². The summed E-state index contributed by atoms with van der Waals surface area (Å²) in [5.74, 6) is 1.86. The van der Waals surface area contributed by atoms with Crippen molar-refractivity contribution in [3.63, 3.8) is 0 Å². The number of hydrogen-bond donors (Lipinski definition) is 0. The zero-order valence-corrected chi connectivity index (χ0v) is 34.2. The van der Waals surface area contributed by atoms with Gasteiger partial charge in [-0.1, -0.05) is 188 Å². The highest BCUT2D eigenvalue weighted by molar-refractivity contribution is 7.25. The highest BCUT2D eigenvalue weighted by Crippen LogP contribution is 2.42. The second-order valence-corrected chi connectivity index (χ2v) is 16.5. The van der Waals surface area contributed by atoms with Crippen LogP contribution in [-0.4, -0.2) is 24.6 Å². The van der Waals surface area contributed by atoms with Gasteiger partial charge in [-0.05, 0) is 46.3 Å². The third kappa shape index (κ3) is 6.16. The molecule has 62 heavy (non-hydrogen) atoms. The summed E-state index contributed by atoms with van der Waals surface area (Å²) in [5.41, 5.74) is 12.4. The van der Waals surface area contributed by atoms with Crippen LogP contribution in [0.1, 0.15) is 0 Å². The van der Waals surface area contributed by atoms with Gasteiger partial charge in [0.15, 0.2) is 17.5 Å². The molecule has 0 spiro atoms.